The largest absolute Gasteiger partial charge is 0.459 e. The zero-order valence-corrected chi connectivity index (χ0v) is 24.4. The lowest BCUT2D eigenvalue weighted by Crippen LogP contribution is -2.56. The second-order valence-corrected chi connectivity index (χ2v) is 13.0. The van der Waals surface area contributed by atoms with E-state index >= 15 is 0 Å². The average molecular weight is 598 g/mol. The summed E-state index contributed by atoms with van der Waals surface area (Å²) in [5.74, 6) is -5.31. The topological polar surface area (TPSA) is 98.8 Å². The van der Waals surface area contributed by atoms with Crippen LogP contribution in [0.5, 0.6) is 0 Å². The number of methoxy groups -OCH3 is 1. The van der Waals surface area contributed by atoms with E-state index in [0.717, 1.165) is 19.2 Å². The Hall–Kier alpha value is -2.72. The van der Waals surface area contributed by atoms with Gasteiger partial charge in [0, 0.05) is 30.4 Å². The minimum atomic E-state index is -5.22. The molecule has 7 nitrogen and oxygen atoms in total. The number of ketones is 1. The standard InChI is InChI=1S/C30H35ClF3NO6/c1-16-11-21(36)24-27(2,3)14-18(31)15-28(24,4)20(16)13-22(19-12-23(37)35-25(19)38)41-26(39)29(40-5,30(32,33)34)17-9-7-6-8-10-17/h6-11,18-20,22,24H,12-15H2,1-5H3,(H,35,37,38)/t18-,19+,20-,22-,24-,28+,29-/m0/s1. The van der Waals surface area contributed by atoms with Gasteiger partial charge in [-0.1, -0.05) is 56.7 Å². The fourth-order valence-corrected chi connectivity index (χ4v) is 8.42. The van der Waals surface area contributed by atoms with E-state index in [1.807, 2.05) is 20.8 Å². The van der Waals surface area contributed by atoms with E-state index in [9.17, 15) is 32.3 Å². The van der Waals surface area contributed by atoms with Gasteiger partial charge >= 0.3 is 12.1 Å². The number of fused-ring (bicyclic) bond motifs is 1. The van der Waals surface area contributed by atoms with Crippen LogP contribution in [0.1, 0.15) is 58.9 Å². The van der Waals surface area contributed by atoms with Gasteiger partial charge in [0.05, 0.1) is 5.92 Å². The van der Waals surface area contributed by atoms with Crippen molar-refractivity contribution in [1.29, 1.82) is 0 Å². The van der Waals surface area contributed by atoms with Crippen molar-refractivity contribution >= 4 is 35.2 Å². The normalized spacial score (nSPS) is 31.9. The Balaban J connectivity index is 1.78. The van der Waals surface area contributed by atoms with E-state index in [1.165, 1.54) is 24.3 Å². The summed E-state index contributed by atoms with van der Waals surface area (Å²) in [5.41, 5.74) is -4.53. The van der Waals surface area contributed by atoms with Crippen LogP contribution >= 0.6 is 11.6 Å². The number of hydrogen-bond donors (Lipinski definition) is 1. The Morgan fingerprint density at radius 1 is 1.12 bits per heavy atom. The Bertz CT molecular complexity index is 1260. The predicted octanol–water partition coefficient (Wildman–Crippen LogP) is 5.25. The molecule has 1 saturated heterocycles. The molecule has 224 valence electrons. The molecule has 1 aliphatic heterocycles. The third-order valence-electron chi connectivity index (χ3n) is 9.20. The van der Waals surface area contributed by atoms with Crippen LogP contribution in [0.25, 0.3) is 0 Å². The number of carbonyl (C=O) groups is 4. The highest BCUT2D eigenvalue weighted by molar-refractivity contribution is 6.20. The number of esters is 1. The Labute approximate surface area is 242 Å². The first kappa shape index (κ1) is 31.2. The fraction of sp³-hybridized carbons (Fsp3) is 0.600. The second-order valence-electron chi connectivity index (χ2n) is 12.4. The average Bonchev–Trinajstić information content (AvgIpc) is 3.17. The van der Waals surface area contributed by atoms with E-state index in [2.05, 4.69) is 5.32 Å². The third kappa shape index (κ3) is 5.33. The molecule has 0 spiro atoms. The zero-order chi connectivity index (χ0) is 30.5. The number of allylic oxidation sites excluding steroid dienone is 2. The van der Waals surface area contributed by atoms with Crippen molar-refractivity contribution in [2.75, 3.05) is 7.11 Å². The van der Waals surface area contributed by atoms with Crippen molar-refractivity contribution in [3.8, 4) is 0 Å². The van der Waals surface area contributed by atoms with Crippen molar-refractivity contribution in [3.05, 3.63) is 47.5 Å². The first-order valence-electron chi connectivity index (χ1n) is 13.6. The number of alkyl halides is 4. The maximum absolute atomic E-state index is 14.6. The highest BCUT2D eigenvalue weighted by Gasteiger charge is 2.65. The van der Waals surface area contributed by atoms with Crippen molar-refractivity contribution in [3.63, 3.8) is 0 Å². The van der Waals surface area contributed by atoms with Crippen molar-refractivity contribution < 1.29 is 41.8 Å². The van der Waals surface area contributed by atoms with Crippen LogP contribution in [0, 0.1) is 28.6 Å². The molecular formula is C30H35ClF3NO6. The summed E-state index contributed by atoms with van der Waals surface area (Å²) >= 11 is 6.69. The molecule has 41 heavy (non-hydrogen) atoms. The van der Waals surface area contributed by atoms with Crippen LogP contribution in [0.4, 0.5) is 13.2 Å². The lowest BCUT2D eigenvalue weighted by Gasteiger charge is -2.57. The smallest absolute Gasteiger partial charge is 0.432 e. The monoisotopic (exact) mass is 597 g/mol. The fourth-order valence-electron chi connectivity index (χ4n) is 7.69. The quantitative estimate of drug-likeness (QED) is 0.262. The summed E-state index contributed by atoms with van der Waals surface area (Å²) in [5, 5.41) is 1.90. The van der Waals surface area contributed by atoms with E-state index in [-0.39, 0.29) is 24.0 Å². The number of rotatable bonds is 7. The van der Waals surface area contributed by atoms with Gasteiger partial charge in [0.25, 0.3) is 5.60 Å². The second kappa shape index (κ2) is 10.8. The molecule has 0 aromatic heterocycles. The molecule has 11 heteroatoms. The molecule has 1 aromatic carbocycles. The molecule has 2 fully saturated rings. The molecule has 0 unspecified atom stereocenters. The van der Waals surface area contributed by atoms with Crippen LogP contribution in [0.2, 0.25) is 0 Å². The SMILES string of the molecule is CO[C@](C(=O)O[C@@H](C[C@H]1C(C)=CC(=O)[C@H]2C(C)(C)C[C@H](Cl)C[C@]12C)[C@H]1CC(=O)NC1=O)(c1ccccc1)C(F)(F)F. The summed E-state index contributed by atoms with van der Waals surface area (Å²) in [7, 11) is 0.762. The minimum Gasteiger partial charge on any atom is -0.459 e. The van der Waals surface area contributed by atoms with Gasteiger partial charge in [-0.2, -0.15) is 13.2 Å². The van der Waals surface area contributed by atoms with Gasteiger partial charge < -0.3 is 9.47 Å². The Morgan fingerprint density at radius 2 is 1.76 bits per heavy atom. The first-order chi connectivity index (χ1) is 19.0. The van der Waals surface area contributed by atoms with Gasteiger partial charge in [-0.15, -0.1) is 11.6 Å². The third-order valence-corrected chi connectivity index (χ3v) is 9.51. The Morgan fingerprint density at radius 3 is 2.29 bits per heavy atom. The van der Waals surface area contributed by atoms with E-state index in [0.29, 0.717) is 18.4 Å². The summed E-state index contributed by atoms with van der Waals surface area (Å²) in [6, 6.07) is 6.38. The minimum absolute atomic E-state index is 0.0586. The zero-order valence-electron chi connectivity index (χ0n) is 23.6. The number of imide groups is 1. The van der Waals surface area contributed by atoms with Crippen LogP contribution < -0.4 is 5.32 Å². The summed E-state index contributed by atoms with van der Waals surface area (Å²) in [4.78, 5) is 51.9. The highest BCUT2D eigenvalue weighted by atomic mass is 35.5. The molecule has 1 N–H and O–H groups in total. The van der Waals surface area contributed by atoms with E-state index < -0.39 is 69.8 Å². The number of ether oxygens (including phenoxy) is 2. The number of hydrogen-bond acceptors (Lipinski definition) is 6. The molecule has 0 radical (unpaired) electrons. The van der Waals surface area contributed by atoms with Gasteiger partial charge in [0.15, 0.2) is 5.78 Å². The predicted molar refractivity (Wildman–Crippen MR) is 143 cm³/mol. The van der Waals surface area contributed by atoms with E-state index in [1.54, 1.807) is 6.92 Å². The van der Waals surface area contributed by atoms with Gasteiger partial charge in [0.2, 0.25) is 11.8 Å². The lowest BCUT2D eigenvalue weighted by molar-refractivity contribution is -0.279. The molecule has 1 saturated carbocycles. The molecule has 0 bridgehead atoms. The van der Waals surface area contributed by atoms with Crippen LogP contribution in [0.3, 0.4) is 0 Å². The van der Waals surface area contributed by atoms with Gasteiger partial charge in [0.1, 0.15) is 6.10 Å². The van der Waals surface area contributed by atoms with Crippen LogP contribution in [-0.4, -0.2) is 48.3 Å². The summed E-state index contributed by atoms with van der Waals surface area (Å²) in [6.07, 6.45) is -4.52. The summed E-state index contributed by atoms with van der Waals surface area (Å²) in [6.45, 7) is 7.59. The molecule has 2 amide bonds. The van der Waals surface area contributed by atoms with Gasteiger partial charge in [-0.3, -0.25) is 19.7 Å². The maximum atomic E-state index is 14.6. The number of amides is 2. The molecule has 1 heterocycles. The van der Waals surface area contributed by atoms with Crippen LogP contribution in [-0.2, 0) is 34.3 Å². The van der Waals surface area contributed by atoms with Crippen molar-refractivity contribution in [2.24, 2.45) is 28.6 Å². The Kier molecular flexibility index (Phi) is 8.25. The van der Waals surface area contributed by atoms with Crippen molar-refractivity contribution in [1.82, 2.24) is 5.32 Å². The molecule has 1 aromatic rings. The molecule has 4 rings (SSSR count). The lowest BCUT2D eigenvalue weighted by atomic mass is 9.47. The van der Waals surface area contributed by atoms with Gasteiger partial charge in [-0.25, -0.2) is 4.79 Å². The van der Waals surface area contributed by atoms with E-state index in [4.69, 9.17) is 21.1 Å². The van der Waals surface area contributed by atoms with Crippen LogP contribution in [0.15, 0.2) is 42.0 Å². The molecule has 2 aliphatic carbocycles. The number of carbonyl (C=O) groups excluding carboxylic acids is 4. The number of benzene rings is 1. The molecule has 7 atom stereocenters. The van der Waals surface area contributed by atoms with Gasteiger partial charge in [-0.05, 0) is 49.0 Å². The maximum Gasteiger partial charge on any atom is 0.432 e. The molecule has 3 aliphatic rings. The molecular weight excluding hydrogens is 563 g/mol. The summed E-state index contributed by atoms with van der Waals surface area (Å²) < 4.78 is 54.4. The van der Waals surface area contributed by atoms with Crippen molar-refractivity contribution in [2.45, 2.75) is 76.6 Å². The number of halogens is 4. The first-order valence-corrected chi connectivity index (χ1v) is 14.0. The highest BCUT2D eigenvalue weighted by Crippen LogP contribution is 2.60. The number of nitrogens with one attached hydrogen (secondary N) is 1.